The second kappa shape index (κ2) is 9.96. The fraction of sp³-hybridized carbons (Fsp3) is 0.304. The average molecular weight is 456 g/mol. The van der Waals surface area contributed by atoms with Crippen molar-refractivity contribution in [2.75, 3.05) is 20.3 Å². The number of hydrogen-bond donors (Lipinski definition) is 1. The van der Waals surface area contributed by atoms with Crippen molar-refractivity contribution >= 4 is 11.9 Å². The predicted molar refractivity (Wildman–Crippen MR) is 108 cm³/mol. The van der Waals surface area contributed by atoms with E-state index in [0.29, 0.717) is 36.3 Å². The van der Waals surface area contributed by atoms with Crippen molar-refractivity contribution in [2.45, 2.75) is 24.7 Å². The van der Waals surface area contributed by atoms with E-state index in [2.05, 4.69) is 4.74 Å². The predicted octanol–water partition coefficient (Wildman–Crippen LogP) is 3.38. The standard InChI is InChI=1S/C12H10FNO3.C11H8FNO3/c1-16-12(15)8-2-3-17-11-5-10(13)7(6-14)4-9(8)11;12-9-4-10-8(3-6(9)5-13)7(11(14)15)1-2-16-10/h4-5,8H,2-3H2,1H3;3-4,7H,1-2H2,(H,14,15). The number of esters is 1. The number of ether oxygens (including phenoxy) is 3. The number of fused-ring (bicyclic) bond motifs is 2. The van der Waals surface area contributed by atoms with Gasteiger partial charge in [-0.25, -0.2) is 8.78 Å². The maximum Gasteiger partial charge on any atom is 0.313 e. The number of carboxylic acids is 1. The van der Waals surface area contributed by atoms with Crippen LogP contribution in [0.15, 0.2) is 24.3 Å². The van der Waals surface area contributed by atoms with Crippen molar-refractivity contribution in [3.8, 4) is 23.6 Å². The van der Waals surface area contributed by atoms with Gasteiger partial charge < -0.3 is 19.3 Å². The molecule has 0 saturated carbocycles. The first kappa shape index (κ1) is 23.5. The largest absolute Gasteiger partial charge is 0.493 e. The van der Waals surface area contributed by atoms with E-state index >= 15 is 0 Å². The highest BCUT2D eigenvalue weighted by Gasteiger charge is 2.30. The van der Waals surface area contributed by atoms with Gasteiger partial charge in [0.1, 0.15) is 35.3 Å². The van der Waals surface area contributed by atoms with Gasteiger partial charge in [0.25, 0.3) is 0 Å². The number of carbonyl (C=O) groups excluding carboxylic acids is 1. The maximum atomic E-state index is 13.4. The molecule has 0 spiro atoms. The smallest absolute Gasteiger partial charge is 0.313 e. The highest BCUT2D eigenvalue weighted by Crippen LogP contribution is 2.36. The van der Waals surface area contributed by atoms with Crippen LogP contribution < -0.4 is 9.47 Å². The third-order valence-corrected chi connectivity index (χ3v) is 5.30. The Labute approximate surface area is 187 Å². The van der Waals surface area contributed by atoms with E-state index in [1.165, 1.54) is 19.2 Å². The van der Waals surface area contributed by atoms with Gasteiger partial charge >= 0.3 is 11.9 Å². The highest BCUT2D eigenvalue weighted by molar-refractivity contribution is 5.80. The number of carbonyl (C=O) groups is 2. The second-order valence-corrected chi connectivity index (χ2v) is 7.20. The number of rotatable bonds is 2. The molecule has 2 unspecified atom stereocenters. The van der Waals surface area contributed by atoms with Crippen LogP contribution in [0.1, 0.15) is 46.9 Å². The summed E-state index contributed by atoms with van der Waals surface area (Å²) in [5.41, 5.74) is 0.636. The van der Waals surface area contributed by atoms with Gasteiger partial charge in [0.15, 0.2) is 0 Å². The molecule has 0 saturated heterocycles. The molecule has 2 atom stereocenters. The van der Waals surface area contributed by atoms with Gasteiger partial charge in [-0.15, -0.1) is 0 Å². The second-order valence-electron chi connectivity index (χ2n) is 7.20. The zero-order valence-corrected chi connectivity index (χ0v) is 17.4. The summed E-state index contributed by atoms with van der Waals surface area (Å²) in [6, 6.07) is 8.24. The van der Waals surface area contributed by atoms with Crippen LogP contribution in [0.2, 0.25) is 0 Å². The molecule has 2 aromatic rings. The molecule has 0 amide bonds. The van der Waals surface area contributed by atoms with Crippen LogP contribution in [0.25, 0.3) is 0 Å². The zero-order chi connectivity index (χ0) is 24.1. The number of aliphatic carboxylic acids is 1. The number of carboxylic acid groups (broad SMARTS) is 1. The summed E-state index contributed by atoms with van der Waals surface area (Å²) in [5, 5.41) is 26.4. The van der Waals surface area contributed by atoms with Crippen molar-refractivity contribution in [2.24, 2.45) is 0 Å². The Kier molecular flexibility index (Phi) is 7.09. The van der Waals surface area contributed by atoms with E-state index in [1.807, 2.05) is 0 Å². The summed E-state index contributed by atoms with van der Waals surface area (Å²) < 4.78 is 41.7. The molecule has 0 fully saturated rings. The Bertz CT molecular complexity index is 1180. The molecule has 0 aliphatic carbocycles. The first-order valence-corrected chi connectivity index (χ1v) is 9.84. The molecule has 4 rings (SSSR count). The normalized spacial score (nSPS) is 17.8. The number of nitriles is 2. The molecule has 2 aromatic carbocycles. The van der Waals surface area contributed by atoms with Crippen molar-refractivity contribution in [3.05, 3.63) is 58.2 Å². The lowest BCUT2D eigenvalue weighted by molar-refractivity contribution is -0.143. The molecule has 10 heteroatoms. The summed E-state index contributed by atoms with van der Waals surface area (Å²) >= 11 is 0. The molecule has 2 aliphatic heterocycles. The minimum absolute atomic E-state index is 0.0943. The van der Waals surface area contributed by atoms with E-state index in [9.17, 15) is 18.4 Å². The molecule has 33 heavy (non-hydrogen) atoms. The third kappa shape index (κ3) is 4.85. The number of nitrogens with zero attached hydrogens (tertiary/aromatic N) is 2. The molecular weight excluding hydrogens is 438 g/mol. The molecule has 0 aromatic heterocycles. The number of halogens is 2. The fourth-order valence-corrected chi connectivity index (χ4v) is 3.64. The lowest BCUT2D eigenvalue weighted by Crippen LogP contribution is -2.22. The highest BCUT2D eigenvalue weighted by atomic mass is 19.1. The van der Waals surface area contributed by atoms with Crippen LogP contribution in [0.5, 0.6) is 11.5 Å². The van der Waals surface area contributed by atoms with Gasteiger partial charge in [-0.1, -0.05) is 0 Å². The summed E-state index contributed by atoms with van der Waals surface area (Å²) in [5.74, 6) is -3.40. The monoisotopic (exact) mass is 456 g/mol. The molecule has 0 bridgehead atoms. The van der Waals surface area contributed by atoms with Crippen molar-refractivity contribution in [1.29, 1.82) is 10.5 Å². The van der Waals surface area contributed by atoms with Crippen molar-refractivity contribution < 1.29 is 37.7 Å². The molecule has 1 N–H and O–H groups in total. The van der Waals surface area contributed by atoms with Crippen LogP contribution in [0.3, 0.4) is 0 Å². The molecule has 0 radical (unpaired) electrons. The van der Waals surface area contributed by atoms with E-state index in [1.54, 1.807) is 12.1 Å². The van der Waals surface area contributed by atoms with Gasteiger partial charge in [0, 0.05) is 23.3 Å². The Balaban J connectivity index is 0.000000186. The summed E-state index contributed by atoms with van der Waals surface area (Å²) in [7, 11) is 1.30. The van der Waals surface area contributed by atoms with E-state index < -0.39 is 35.4 Å². The summed E-state index contributed by atoms with van der Waals surface area (Å²) in [6.45, 7) is 0.577. The third-order valence-electron chi connectivity index (χ3n) is 5.30. The molecule has 170 valence electrons. The summed E-state index contributed by atoms with van der Waals surface area (Å²) in [6.07, 6.45) is 0.801. The molecular formula is C23H18F2N2O6. The first-order chi connectivity index (χ1) is 15.8. The van der Waals surface area contributed by atoms with Crippen LogP contribution in [0, 0.1) is 34.3 Å². The topological polar surface area (TPSA) is 130 Å². The lowest BCUT2D eigenvalue weighted by atomic mass is 9.92. The van der Waals surface area contributed by atoms with Crippen LogP contribution in [-0.2, 0) is 14.3 Å². The molecule has 2 heterocycles. The quantitative estimate of drug-likeness (QED) is 0.681. The van der Waals surface area contributed by atoms with E-state index in [4.69, 9.17) is 25.1 Å². The minimum Gasteiger partial charge on any atom is -0.493 e. The van der Waals surface area contributed by atoms with Crippen LogP contribution in [0.4, 0.5) is 8.78 Å². The van der Waals surface area contributed by atoms with Gasteiger partial charge in [-0.05, 0) is 25.0 Å². The fourth-order valence-electron chi connectivity index (χ4n) is 3.64. The Morgan fingerprint density at radius 1 is 0.939 bits per heavy atom. The van der Waals surface area contributed by atoms with Crippen LogP contribution >= 0.6 is 0 Å². The molecule has 8 nitrogen and oxygen atoms in total. The van der Waals surface area contributed by atoms with Gasteiger partial charge in [0.2, 0.25) is 0 Å². The van der Waals surface area contributed by atoms with Gasteiger partial charge in [-0.2, -0.15) is 10.5 Å². The van der Waals surface area contributed by atoms with E-state index in [-0.39, 0.29) is 23.5 Å². The lowest BCUT2D eigenvalue weighted by Gasteiger charge is -2.24. The summed E-state index contributed by atoms with van der Waals surface area (Å²) in [4.78, 5) is 22.5. The average Bonchev–Trinajstić information content (AvgIpc) is 2.82. The zero-order valence-electron chi connectivity index (χ0n) is 17.4. The van der Waals surface area contributed by atoms with Gasteiger partial charge in [-0.3, -0.25) is 9.59 Å². The first-order valence-electron chi connectivity index (χ1n) is 9.84. The molecule has 2 aliphatic rings. The van der Waals surface area contributed by atoms with Crippen molar-refractivity contribution in [3.63, 3.8) is 0 Å². The van der Waals surface area contributed by atoms with Crippen LogP contribution in [-0.4, -0.2) is 37.4 Å². The SMILES string of the molecule is COC(=O)C1CCOc2cc(F)c(C#N)cc21.N#Cc1cc2c(cc1F)OCCC2C(=O)O. The number of methoxy groups -OCH3 is 1. The Morgan fingerprint density at radius 2 is 1.39 bits per heavy atom. The Morgan fingerprint density at radius 3 is 1.82 bits per heavy atom. The van der Waals surface area contributed by atoms with Gasteiger partial charge in [0.05, 0.1) is 43.3 Å². The number of benzene rings is 2. The Hall–Kier alpha value is -4.18. The number of hydrogen-bond acceptors (Lipinski definition) is 7. The van der Waals surface area contributed by atoms with E-state index in [0.717, 1.165) is 12.1 Å². The maximum absolute atomic E-state index is 13.4. The van der Waals surface area contributed by atoms with Crippen molar-refractivity contribution in [1.82, 2.24) is 0 Å². The minimum atomic E-state index is -0.986.